The minimum Gasteiger partial charge on any atom is -0.347 e. The Morgan fingerprint density at radius 3 is 2.79 bits per heavy atom. The molecule has 2 heterocycles. The Balaban J connectivity index is 2.08. The fourth-order valence-electron chi connectivity index (χ4n) is 2.43. The predicted molar refractivity (Wildman–Crippen MR) is 91.0 cm³/mol. The number of aryl methyl sites for hydroxylation is 1. The van der Waals surface area contributed by atoms with Crippen LogP contribution in [0, 0.1) is 5.82 Å². The molecule has 0 radical (unpaired) electrons. The molecular weight excluding hydrogens is 333 g/mol. The number of nitrogens with one attached hydrogen (secondary N) is 1. The van der Waals surface area contributed by atoms with Gasteiger partial charge in [0.25, 0.3) is 5.91 Å². The molecule has 0 aliphatic rings. The lowest BCUT2D eigenvalue weighted by Crippen LogP contribution is -2.24. The Hall–Kier alpha value is -2.73. The highest BCUT2D eigenvalue weighted by Crippen LogP contribution is 2.18. The maximum Gasteiger partial charge on any atom is 0.262 e. The molecule has 2 aromatic heterocycles. The maximum atomic E-state index is 12.9. The Kier molecular flexibility index (Phi) is 4.31. The maximum absolute atomic E-state index is 12.9. The van der Waals surface area contributed by atoms with Crippen molar-refractivity contribution in [3.63, 3.8) is 0 Å². The summed E-state index contributed by atoms with van der Waals surface area (Å²) in [4.78, 5) is 28.8. The molecule has 3 aromatic rings. The van der Waals surface area contributed by atoms with Gasteiger partial charge in [-0.3, -0.25) is 9.59 Å². The molecule has 0 saturated carbocycles. The lowest BCUT2D eigenvalue weighted by atomic mass is 10.1. The van der Waals surface area contributed by atoms with Crippen molar-refractivity contribution in [2.75, 3.05) is 5.32 Å². The van der Waals surface area contributed by atoms with E-state index in [2.05, 4.69) is 10.3 Å². The normalized spacial score (nSPS) is 10.8. The topological polar surface area (TPSA) is 64.0 Å². The van der Waals surface area contributed by atoms with E-state index in [1.165, 1.54) is 24.4 Å². The fraction of sp³-hybridized carbons (Fsp3) is 0.118. The minimum atomic E-state index is -0.608. The summed E-state index contributed by atoms with van der Waals surface area (Å²) in [5.41, 5.74) is 0.248. The van der Waals surface area contributed by atoms with E-state index < -0.39 is 17.2 Å². The Bertz CT molecular complexity index is 984. The van der Waals surface area contributed by atoms with Gasteiger partial charge in [-0.25, -0.2) is 9.37 Å². The van der Waals surface area contributed by atoms with Crippen molar-refractivity contribution in [2.45, 2.75) is 13.5 Å². The number of hydrogen-bond acceptors (Lipinski definition) is 3. The van der Waals surface area contributed by atoms with Gasteiger partial charge in [0.15, 0.2) is 0 Å². The zero-order valence-electron chi connectivity index (χ0n) is 12.7. The van der Waals surface area contributed by atoms with Crippen LogP contribution in [-0.4, -0.2) is 15.5 Å². The monoisotopic (exact) mass is 345 g/mol. The lowest BCUT2D eigenvalue weighted by molar-refractivity contribution is 0.102. The van der Waals surface area contributed by atoms with Crippen molar-refractivity contribution in [1.82, 2.24) is 9.55 Å². The van der Waals surface area contributed by atoms with E-state index in [1.54, 1.807) is 16.7 Å². The van der Waals surface area contributed by atoms with Crippen LogP contribution in [0.3, 0.4) is 0 Å². The second-order valence-electron chi connectivity index (χ2n) is 5.14. The zero-order valence-corrected chi connectivity index (χ0v) is 13.5. The van der Waals surface area contributed by atoms with Gasteiger partial charge in [0.2, 0.25) is 5.43 Å². The number of pyridine rings is 2. The molecule has 0 aliphatic carbocycles. The van der Waals surface area contributed by atoms with E-state index >= 15 is 0 Å². The largest absolute Gasteiger partial charge is 0.347 e. The second kappa shape index (κ2) is 6.41. The van der Waals surface area contributed by atoms with Crippen LogP contribution < -0.4 is 10.7 Å². The molecule has 0 spiro atoms. The molecule has 5 nitrogen and oxygen atoms in total. The third kappa shape index (κ3) is 3.00. The standard InChI is InChI=1S/C17H13ClFN3O2/c1-2-22-9-13(16(23)12-7-10(18)3-5-14(12)22)17(24)21-15-6-4-11(19)8-20-15/h3-9H,2H2,1H3,(H,20,21,24). The van der Waals surface area contributed by atoms with E-state index in [4.69, 9.17) is 11.6 Å². The van der Waals surface area contributed by atoms with Crippen molar-refractivity contribution in [1.29, 1.82) is 0 Å². The number of anilines is 1. The molecule has 1 amide bonds. The van der Waals surface area contributed by atoms with E-state index in [9.17, 15) is 14.0 Å². The first-order valence-electron chi connectivity index (χ1n) is 7.25. The number of carbonyl (C=O) groups excluding carboxylic acids is 1. The van der Waals surface area contributed by atoms with Crippen LogP contribution in [0.15, 0.2) is 47.5 Å². The summed E-state index contributed by atoms with van der Waals surface area (Å²) in [6.07, 6.45) is 2.48. The van der Waals surface area contributed by atoms with Crippen LogP contribution in [-0.2, 0) is 6.54 Å². The Morgan fingerprint density at radius 2 is 2.12 bits per heavy atom. The summed E-state index contributed by atoms with van der Waals surface area (Å²) in [5.74, 6) is -0.958. The summed E-state index contributed by atoms with van der Waals surface area (Å²) >= 11 is 5.97. The number of fused-ring (bicyclic) bond motifs is 1. The smallest absolute Gasteiger partial charge is 0.262 e. The van der Waals surface area contributed by atoms with Crippen molar-refractivity contribution in [3.8, 4) is 0 Å². The summed E-state index contributed by atoms with van der Waals surface area (Å²) in [6.45, 7) is 2.48. The molecule has 0 fully saturated rings. The number of aromatic nitrogens is 2. The molecule has 24 heavy (non-hydrogen) atoms. The Labute approximate surface area is 141 Å². The molecule has 0 atom stereocenters. The first-order valence-corrected chi connectivity index (χ1v) is 7.63. The average Bonchev–Trinajstić information content (AvgIpc) is 2.57. The van der Waals surface area contributed by atoms with Crippen LogP contribution >= 0.6 is 11.6 Å². The summed E-state index contributed by atoms with van der Waals surface area (Å²) in [5, 5.41) is 3.28. The summed E-state index contributed by atoms with van der Waals surface area (Å²) in [7, 11) is 0. The van der Waals surface area contributed by atoms with Crippen LogP contribution in [0.2, 0.25) is 5.02 Å². The first kappa shape index (κ1) is 16.1. The summed E-state index contributed by atoms with van der Waals surface area (Å²) in [6, 6.07) is 7.47. The molecule has 1 aromatic carbocycles. The Morgan fingerprint density at radius 1 is 1.33 bits per heavy atom. The van der Waals surface area contributed by atoms with Crippen molar-refractivity contribution < 1.29 is 9.18 Å². The molecule has 7 heteroatoms. The molecule has 0 aliphatic heterocycles. The van der Waals surface area contributed by atoms with E-state index in [0.29, 0.717) is 22.5 Å². The number of halogens is 2. The summed E-state index contributed by atoms with van der Waals surface area (Å²) < 4.78 is 14.7. The van der Waals surface area contributed by atoms with E-state index in [-0.39, 0.29) is 11.4 Å². The van der Waals surface area contributed by atoms with Gasteiger partial charge in [-0.2, -0.15) is 0 Å². The molecule has 0 saturated heterocycles. The highest BCUT2D eigenvalue weighted by Gasteiger charge is 2.16. The van der Waals surface area contributed by atoms with Crippen molar-refractivity contribution >= 4 is 34.2 Å². The molecule has 0 bridgehead atoms. The molecule has 1 N–H and O–H groups in total. The fourth-order valence-corrected chi connectivity index (χ4v) is 2.60. The average molecular weight is 346 g/mol. The van der Waals surface area contributed by atoms with E-state index in [1.807, 2.05) is 6.92 Å². The zero-order chi connectivity index (χ0) is 17.3. The number of nitrogens with zero attached hydrogens (tertiary/aromatic N) is 2. The van der Waals surface area contributed by atoms with Gasteiger partial charge in [-0.05, 0) is 37.3 Å². The SMILES string of the molecule is CCn1cc(C(=O)Nc2ccc(F)cn2)c(=O)c2cc(Cl)ccc21. The highest BCUT2D eigenvalue weighted by molar-refractivity contribution is 6.31. The van der Waals surface area contributed by atoms with Crippen LogP contribution in [0.25, 0.3) is 10.9 Å². The van der Waals surface area contributed by atoms with Gasteiger partial charge in [0.1, 0.15) is 17.2 Å². The number of amides is 1. The van der Waals surface area contributed by atoms with Gasteiger partial charge in [-0.15, -0.1) is 0 Å². The first-order chi connectivity index (χ1) is 11.5. The van der Waals surface area contributed by atoms with E-state index in [0.717, 1.165) is 6.20 Å². The molecular formula is C17H13ClFN3O2. The van der Waals surface area contributed by atoms with Crippen LogP contribution in [0.1, 0.15) is 17.3 Å². The second-order valence-corrected chi connectivity index (χ2v) is 5.57. The minimum absolute atomic E-state index is 0.0299. The highest BCUT2D eigenvalue weighted by atomic mass is 35.5. The number of hydrogen-bond donors (Lipinski definition) is 1. The molecule has 3 rings (SSSR count). The number of carbonyl (C=O) groups is 1. The third-order valence-electron chi connectivity index (χ3n) is 3.60. The van der Waals surface area contributed by atoms with Crippen LogP contribution in [0.5, 0.6) is 0 Å². The van der Waals surface area contributed by atoms with Gasteiger partial charge in [0, 0.05) is 23.2 Å². The molecule has 122 valence electrons. The number of rotatable bonds is 3. The van der Waals surface area contributed by atoms with Crippen LogP contribution in [0.4, 0.5) is 10.2 Å². The third-order valence-corrected chi connectivity index (χ3v) is 3.83. The van der Waals surface area contributed by atoms with Gasteiger partial charge < -0.3 is 9.88 Å². The van der Waals surface area contributed by atoms with Gasteiger partial charge in [0.05, 0.1) is 11.7 Å². The quantitative estimate of drug-likeness (QED) is 0.790. The molecule has 0 unspecified atom stereocenters. The van der Waals surface area contributed by atoms with Gasteiger partial charge >= 0.3 is 0 Å². The lowest BCUT2D eigenvalue weighted by Gasteiger charge is -2.12. The predicted octanol–water partition coefficient (Wildman–Crippen LogP) is 3.46. The van der Waals surface area contributed by atoms with Crippen molar-refractivity contribution in [3.05, 3.63) is 69.4 Å². The van der Waals surface area contributed by atoms with Crippen molar-refractivity contribution in [2.24, 2.45) is 0 Å². The number of benzene rings is 1. The van der Waals surface area contributed by atoms with Gasteiger partial charge in [-0.1, -0.05) is 11.6 Å².